The zero-order valence-corrected chi connectivity index (χ0v) is 15.8. The first-order valence-corrected chi connectivity index (χ1v) is 9.88. The van der Waals surface area contributed by atoms with Gasteiger partial charge in [-0.25, -0.2) is 4.79 Å². The monoisotopic (exact) mass is 358 g/mol. The third-order valence-electron chi connectivity index (χ3n) is 7.19. The van der Waals surface area contributed by atoms with Crippen LogP contribution in [0.3, 0.4) is 0 Å². The molecular weight excluding hydrogens is 328 g/mol. The first-order valence-electron chi connectivity index (χ1n) is 9.88. The van der Waals surface area contributed by atoms with Crippen LogP contribution in [0, 0.1) is 17.3 Å². The summed E-state index contributed by atoms with van der Waals surface area (Å²) in [7, 11) is 1.85. The SMILES string of the molecule is CCN1C[C@]2(COC(=O)c3ccccc3N)CC[C@H](OC)[C@@H]3C1CCC32. The highest BCUT2D eigenvalue weighted by Gasteiger charge is 2.60. The van der Waals surface area contributed by atoms with Crippen LogP contribution in [0.15, 0.2) is 24.3 Å². The molecule has 4 rings (SSSR count). The van der Waals surface area contributed by atoms with Gasteiger partial charge in [0.2, 0.25) is 0 Å². The number of ether oxygens (including phenoxy) is 2. The molecule has 1 aromatic rings. The van der Waals surface area contributed by atoms with E-state index in [1.807, 2.05) is 19.2 Å². The Hall–Kier alpha value is -1.59. The fraction of sp³-hybridized carbons (Fsp3) is 0.667. The van der Waals surface area contributed by atoms with E-state index in [-0.39, 0.29) is 11.4 Å². The first-order chi connectivity index (χ1) is 12.6. The first kappa shape index (κ1) is 17.8. The maximum absolute atomic E-state index is 12.6. The topological polar surface area (TPSA) is 64.8 Å². The fourth-order valence-corrected chi connectivity index (χ4v) is 5.99. The van der Waals surface area contributed by atoms with Crippen molar-refractivity contribution in [3.8, 4) is 0 Å². The number of hydrogen-bond acceptors (Lipinski definition) is 5. The molecule has 2 N–H and O–H groups in total. The van der Waals surface area contributed by atoms with E-state index in [0.717, 1.165) is 25.9 Å². The zero-order chi connectivity index (χ0) is 18.3. The minimum absolute atomic E-state index is 0.0574. The lowest BCUT2D eigenvalue weighted by molar-refractivity contribution is -0.140. The number of para-hydroxylation sites is 1. The lowest BCUT2D eigenvalue weighted by Gasteiger charge is -2.56. The summed E-state index contributed by atoms with van der Waals surface area (Å²) in [6.45, 7) is 4.80. The minimum Gasteiger partial charge on any atom is -0.461 e. The molecule has 0 spiro atoms. The smallest absolute Gasteiger partial charge is 0.340 e. The van der Waals surface area contributed by atoms with E-state index in [1.54, 1.807) is 12.1 Å². The normalized spacial score (nSPS) is 36.1. The molecule has 5 nitrogen and oxygen atoms in total. The molecule has 3 fully saturated rings. The summed E-state index contributed by atoms with van der Waals surface area (Å²) in [6, 6.07) is 7.77. The lowest BCUT2D eigenvalue weighted by atomic mass is 9.59. The summed E-state index contributed by atoms with van der Waals surface area (Å²) in [5, 5.41) is 0. The van der Waals surface area contributed by atoms with Crippen LogP contribution in [-0.2, 0) is 9.47 Å². The number of anilines is 1. The predicted molar refractivity (Wildman–Crippen MR) is 101 cm³/mol. The number of likely N-dealkylation sites (tertiary alicyclic amines) is 1. The number of piperidine rings is 1. The molecule has 0 radical (unpaired) electrons. The Balaban J connectivity index is 1.55. The summed E-state index contributed by atoms with van der Waals surface area (Å²) in [6.07, 6.45) is 4.93. The second kappa shape index (κ2) is 6.86. The van der Waals surface area contributed by atoms with Crippen LogP contribution in [0.25, 0.3) is 0 Å². The van der Waals surface area contributed by atoms with Crippen molar-refractivity contribution in [1.29, 1.82) is 0 Å². The van der Waals surface area contributed by atoms with Crippen molar-refractivity contribution < 1.29 is 14.3 Å². The van der Waals surface area contributed by atoms with Gasteiger partial charge in [0.15, 0.2) is 0 Å². The summed E-state index contributed by atoms with van der Waals surface area (Å²) < 4.78 is 11.7. The van der Waals surface area contributed by atoms with Gasteiger partial charge in [0.1, 0.15) is 0 Å². The van der Waals surface area contributed by atoms with Crippen LogP contribution in [0.1, 0.15) is 43.0 Å². The third-order valence-corrected chi connectivity index (χ3v) is 7.19. The maximum Gasteiger partial charge on any atom is 0.340 e. The van der Waals surface area contributed by atoms with E-state index in [1.165, 1.54) is 12.8 Å². The van der Waals surface area contributed by atoms with Crippen LogP contribution in [0.5, 0.6) is 0 Å². The highest BCUT2D eigenvalue weighted by atomic mass is 16.5. The van der Waals surface area contributed by atoms with Gasteiger partial charge >= 0.3 is 5.97 Å². The zero-order valence-electron chi connectivity index (χ0n) is 15.8. The number of benzene rings is 1. The summed E-state index contributed by atoms with van der Waals surface area (Å²) >= 11 is 0. The average Bonchev–Trinajstić information content (AvgIpc) is 3.03. The van der Waals surface area contributed by atoms with Crippen LogP contribution in [0.2, 0.25) is 0 Å². The Labute approximate surface area is 155 Å². The number of rotatable bonds is 5. The van der Waals surface area contributed by atoms with Crippen LogP contribution < -0.4 is 5.73 Å². The molecule has 142 valence electrons. The van der Waals surface area contributed by atoms with Gasteiger partial charge in [-0.2, -0.15) is 0 Å². The molecule has 0 amide bonds. The molecule has 1 saturated heterocycles. The maximum atomic E-state index is 12.6. The van der Waals surface area contributed by atoms with E-state index >= 15 is 0 Å². The molecule has 5 atom stereocenters. The second-order valence-electron chi connectivity index (χ2n) is 8.23. The second-order valence-corrected chi connectivity index (χ2v) is 8.23. The number of carbonyl (C=O) groups excluding carboxylic acids is 1. The lowest BCUT2D eigenvalue weighted by Crippen LogP contribution is -2.62. The van der Waals surface area contributed by atoms with Crippen LogP contribution in [0.4, 0.5) is 5.69 Å². The Morgan fingerprint density at radius 1 is 1.31 bits per heavy atom. The Morgan fingerprint density at radius 3 is 2.85 bits per heavy atom. The van der Waals surface area contributed by atoms with E-state index in [0.29, 0.717) is 41.8 Å². The van der Waals surface area contributed by atoms with Crippen LogP contribution in [-0.4, -0.2) is 49.8 Å². The Morgan fingerprint density at radius 2 is 2.12 bits per heavy atom. The average molecular weight is 358 g/mol. The molecule has 0 aromatic heterocycles. The van der Waals surface area contributed by atoms with Gasteiger partial charge < -0.3 is 15.2 Å². The highest BCUT2D eigenvalue weighted by molar-refractivity contribution is 5.94. The molecule has 5 heteroatoms. The molecule has 1 aliphatic heterocycles. The standard InChI is InChI=1S/C21H30N2O3/c1-3-23-12-21(13-26-20(24)14-6-4-5-7-16(14)22)11-10-18(25-2)19-15(21)8-9-17(19)23/h4-7,15,17-19H,3,8-13,22H2,1-2H3/t15?,17?,18-,19-,21-/m0/s1. The predicted octanol–water partition coefficient (Wildman–Crippen LogP) is 2.95. The molecule has 2 aliphatic carbocycles. The summed E-state index contributed by atoms with van der Waals surface area (Å²) in [4.78, 5) is 15.2. The molecule has 26 heavy (non-hydrogen) atoms. The molecule has 4 bridgehead atoms. The van der Waals surface area contributed by atoms with Gasteiger partial charge in [-0.05, 0) is 50.3 Å². The van der Waals surface area contributed by atoms with Gasteiger partial charge in [-0.1, -0.05) is 19.1 Å². The number of esters is 1. The quantitative estimate of drug-likeness (QED) is 0.648. The van der Waals surface area contributed by atoms with E-state index < -0.39 is 0 Å². The van der Waals surface area contributed by atoms with Crippen molar-refractivity contribution in [2.45, 2.75) is 44.8 Å². The van der Waals surface area contributed by atoms with Gasteiger partial charge in [0, 0.05) is 36.7 Å². The number of nitrogen functional groups attached to an aromatic ring is 1. The molecule has 2 unspecified atom stereocenters. The number of nitrogens with zero attached hydrogens (tertiary/aromatic N) is 1. The third kappa shape index (κ3) is 2.72. The molecule has 2 saturated carbocycles. The fourth-order valence-electron chi connectivity index (χ4n) is 5.99. The highest BCUT2D eigenvalue weighted by Crippen LogP contribution is 2.58. The Bertz CT molecular complexity index is 679. The largest absolute Gasteiger partial charge is 0.461 e. The van der Waals surface area contributed by atoms with Gasteiger partial charge in [-0.15, -0.1) is 0 Å². The summed E-state index contributed by atoms with van der Waals surface area (Å²) in [5.74, 6) is 0.865. The number of hydrogen-bond donors (Lipinski definition) is 1. The van der Waals surface area contributed by atoms with Gasteiger partial charge in [0.05, 0.1) is 18.3 Å². The molecule has 3 aliphatic rings. The van der Waals surface area contributed by atoms with E-state index in [2.05, 4.69) is 11.8 Å². The number of carbonyl (C=O) groups is 1. The van der Waals surface area contributed by atoms with Crippen molar-refractivity contribution in [3.05, 3.63) is 29.8 Å². The van der Waals surface area contributed by atoms with Crippen molar-refractivity contribution in [2.24, 2.45) is 17.3 Å². The number of methoxy groups -OCH3 is 1. The van der Waals surface area contributed by atoms with Crippen molar-refractivity contribution in [3.63, 3.8) is 0 Å². The van der Waals surface area contributed by atoms with E-state index in [4.69, 9.17) is 15.2 Å². The van der Waals surface area contributed by atoms with Gasteiger partial charge in [0.25, 0.3) is 0 Å². The Kier molecular flexibility index (Phi) is 4.70. The van der Waals surface area contributed by atoms with E-state index in [9.17, 15) is 4.79 Å². The molecule has 1 aromatic carbocycles. The minimum atomic E-state index is -0.300. The van der Waals surface area contributed by atoms with Gasteiger partial charge in [-0.3, -0.25) is 4.90 Å². The summed E-state index contributed by atoms with van der Waals surface area (Å²) in [5.41, 5.74) is 6.95. The van der Waals surface area contributed by atoms with Crippen molar-refractivity contribution in [2.75, 3.05) is 32.5 Å². The molecule has 1 heterocycles. The van der Waals surface area contributed by atoms with Crippen molar-refractivity contribution in [1.82, 2.24) is 4.90 Å². The number of nitrogens with two attached hydrogens (primary N) is 1. The van der Waals surface area contributed by atoms with Crippen molar-refractivity contribution >= 4 is 11.7 Å². The molecular formula is C21H30N2O3. The van der Waals surface area contributed by atoms with Crippen LogP contribution >= 0.6 is 0 Å².